The van der Waals surface area contributed by atoms with E-state index in [0.717, 1.165) is 67.5 Å². The smallest absolute Gasteiger partial charge is 0.159 e. The molecule has 10 rings (SSSR count). The second-order valence-electron chi connectivity index (χ2n) is 14.1. The number of nitrogens with zero attached hydrogens (tertiary/aromatic N) is 1. The van der Waals surface area contributed by atoms with E-state index in [9.17, 15) is 0 Å². The number of ether oxygens (including phenoxy) is 1. The highest BCUT2D eigenvalue weighted by Gasteiger charge is 2.27. The van der Waals surface area contributed by atoms with E-state index in [0.29, 0.717) is 0 Å². The van der Waals surface area contributed by atoms with Crippen LogP contribution in [0.3, 0.4) is 0 Å². The van der Waals surface area contributed by atoms with Gasteiger partial charge in [0.15, 0.2) is 5.75 Å². The molecule has 0 unspecified atom stereocenters. The molecule has 1 heterocycles. The molecule has 9 aromatic carbocycles. The lowest BCUT2D eigenvalue weighted by Crippen LogP contribution is -2.11. The van der Waals surface area contributed by atoms with E-state index in [4.69, 9.17) is 4.74 Å². The molecule has 0 aromatic heterocycles. The van der Waals surface area contributed by atoms with Crippen LogP contribution in [0.4, 0.5) is 17.1 Å². The summed E-state index contributed by atoms with van der Waals surface area (Å²) in [5, 5.41) is 0. The SMILES string of the molecule is c1ccc(-c2ccc(N(c3ccc(-c4ccccc4)cc3)c3cccc4c3Oc3cc(-c5ccccc5)ccc3-c3ccc(-c5ccccc5)cc3-4)cc2)cc1. The Bertz CT molecular complexity index is 2700. The minimum absolute atomic E-state index is 0.808. The summed E-state index contributed by atoms with van der Waals surface area (Å²) in [4.78, 5) is 2.33. The summed E-state index contributed by atoms with van der Waals surface area (Å²) in [5.74, 6) is 1.63. The average Bonchev–Trinajstić information content (AvgIpc) is 3.42. The first-order valence-corrected chi connectivity index (χ1v) is 19.1. The summed E-state index contributed by atoms with van der Waals surface area (Å²) in [6.45, 7) is 0. The number of benzene rings is 9. The van der Waals surface area contributed by atoms with Crippen LogP contribution in [0.25, 0.3) is 66.8 Å². The Morgan fingerprint density at radius 3 is 1.18 bits per heavy atom. The molecule has 0 radical (unpaired) electrons. The normalized spacial score (nSPS) is 11.4. The lowest BCUT2D eigenvalue weighted by atomic mass is 9.90. The molecule has 1 aliphatic rings. The summed E-state index contributed by atoms with van der Waals surface area (Å²) in [6.07, 6.45) is 0. The first kappa shape index (κ1) is 33.2. The molecule has 9 aromatic rings. The molecular formula is C54H37NO. The minimum atomic E-state index is 0.808. The Balaban J connectivity index is 1.18. The van der Waals surface area contributed by atoms with Crippen molar-refractivity contribution in [2.75, 3.05) is 4.90 Å². The van der Waals surface area contributed by atoms with E-state index >= 15 is 0 Å². The van der Waals surface area contributed by atoms with Crippen LogP contribution in [0.2, 0.25) is 0 Å². The second kappa shape index (κ2) is 14.4. The Hall–Kier alpha value is -7.42. The van der Waals surface area contributed by atoms with Gasteiger partial charge >= 0.3 is 0 Å². The van der Waals surface area contributed by atoms with Crippen molar-refractivity contribution in [3.05, 3.63) is 224 Å². The zero-order valence-electron chi connectivity index (χ0n) is 30.7. The van der Waals surface area contributed by atoms with Gasteiger partial charge in [0.25, 0.3) is 0 Å². The van der Waals surface area contributed by atoms with Gasteiger partial charge in [0.05, 0.1) is 5.69 Å². The molecule has 0 spiro atoms. The van der Waals surface area contributed by atoms with Crippen molar-refractivity contribution >= 4 is 17.1 Å². The van der Waals surface area contributed by atoms with Crippen LogP contribution < -0.4 is 9.64 Å². The topological polar surface area (TPSA) is 12.5 Å². The molecule has 56 heavy (non-hydrogen) atoms. The van der Waals surface area contributed by atoms with Gasteiger partial charge < -0.3 is 9.64 Å². The highest BCUT2D eigenvalue weighted by molar-refractivity contribution is 5.97. The second-order valence-corrected chi connectivity index (χ2v) is 14.1. The molecule has 0 atom stereocenters. The van der Waals surface area contributed by atoms with Gasteiger partial charge in [-0.15, -0.1) is 0 Å². The van der Waals surface area contributed by atoms with Gasteiger partial charge in [0.1, 0.15) is 5.75 Å². The predicted molar refractivity (Wildman–Crippen MR) is 234 cm³/mol. The van der Waals surface area contributed by atoms with Crippen LogP contribution >= 0.6 is 0 Å². The molecule has 0 bridgehead atoms. The molecule has 2 heteroatoms. The molecule has 0 saturated carbocycles. The molecular weight excluding hydrogens is 679 g/mol. The molecule has 1 aliphatic heterocycles. The van der Waals surface area contributed by atoms with E-state index in [2.05, 4.69) is 229 Å². The summed E-state index contributed by atoms with van der Waals surface area (Å²) in [7, 11) is 0. The van der Waals surface area contributed by atoms with Crippen molar-refractivity contribution in [2.45, 2.75) is 0 Å². The van der Waals surface area contributed by atoms with Crippen LogP contribution in [0.1, 0.15) is 0 Å². The van der Waals surface area contributed by atoms with Gasteiger partial charge in [-0.2, -0.15) is 0 Å². The summed E-state index contributed by atoms with van der Waals surface area (Å²) in [5.41, 5.74) is 16.7. The maximum Gasteiger partial charge on any atom is 0.159 e. The molecule has 2 nitrogen and oxygen atoms in total. The van der Waals surface area contributed by atoms with Gasteiger partial charge in [-0.05, 0) is 104 Å². The third-order valence-corrected chi connectivity index (χ3v) is 10.7. The third kappa shape index (κ3) is 6.24. The van der Waals surface area contributed by atoms with Gasteiger partial charge in [-0.1, -0.05) is 176 Å². The van der Waals surface area contributed by atoms with Crippen LogP contribution in [-0.2, 0) is 0 Å². The molecule has 0 saturated heterocycles. The van der Waals surface area contributed by atoms with Gasteiger partial charge in [0, 0.05) is 22.5 Å². The zero-order valence-corrected chi connectivity index (χ0v) is 30.7. The van der Waals surface area contributed by atoms with Crippen molar-refractivity contribution in [2.24, 2.45) is 0 Å². The quantitative estimate of drug-likeness (QED) is 0.163. The van der Waals surface area contributed by atoms with Crippen molar-refractivity contribution in [1.29, 1.82) is 0 Å². The Kier molecular flexibility index (Phi) is 8.55. The van der Waals surface area contributed by atoms with Crippen molar-refractivity contribution in [3.8, 4) is 78.3 Å². The third-order valence-electron chi connectivity index (χ3n) is 10.7. The van der Waals surface area contributed by atoms with Gasteiger partial charge in [-0.25, -0.2) is 0 Å². The predicted octanol–water partition coefficient (Wildman–Crippen LogP) is 15.3. The van der Waals surface area contributed by atoms with E-state index in [1.165, 1.54) is 27.8 Å². The van der Waals surface area contributed by atoms with E-state index in [-0.39, 0.29) is 0 Å². The number of anilines is 3. The maximum absolute atomic E-state index is 7.29. The Morgan fingerprint density at radius 2 is 0.679 bits per heavy atom. The number of fused-ring (bicyclic) bond motifs is 5. The van der Waals surface area contributed by atoms with Crippen molar-refractivity contribution in [1.82, 2.24) is 0 Å². The summed E-state index contributed by atoms with van der Waals surface area (Å²) < 4.78 is 7.29. The standard InChI is InChI=1S/C54H37NO/c1-5-14-38(15-6-1)42-24-30-46(31-25-42)55(47-32-26-43(27-33-47)39-16-7-2-8-17-39)52-23-13-22-50-51-36-44(40-18-9-3-10-19-40)28-34-48(51)49-35-29-45(37-53(49)56-54(50)52)41-20-11-4-12-21-41/h1-37H. The molecule has 0 fully saturated rings. The largest absolute Gasteiger partial charge is 0.454 e. The zero-order chi connectivity index (χ0) is 37.3. The monoisotopic (exact) mass is 715 g/mol. The Morgan fingerprint density at radius 1 is 0.268 bits per heavy atom. The Labute approximate surface area is 328 Å². The minimum Gasteiger partial charge on any atom is -0.454 e. The fourth-order valence-electron chi connectivity index (χ4n) is 7.88. The number of hydrogen-bond donors (Lipinski definition) is 0. The van der Waals surface area contributed by atoms with E-state index in [1.54, 1.807) is 0 Å². The number of rotatable bonds is 7. The molecule has 0 aliphatic carbocycles. The number of para-hydroxylation sites is 1. The lowest BCUT2D eigenvalue weighted by molar-refractivity contribution is 0.489. The van der Waals surface area contributed by atoms with Gasteiger partial charge in [-0.3, -0.25) is 0 Å². The maximum atomic E-state index is 7.29. The summed E-state index contributed by atoms with van der Waals surface area (Å²) >= 11 is 0. The van der Waals surface area contributed by atoms with Crippen molar-refractivity contribution in [3.63, 3.8) is 0 Å². The first-order chi connectivity index (χ1) is 27.8. The highest BCUT2D eigenvalue weighted by Crippen LogP contribution is 2.53. The lowest BCUT2D eigenvalue weighted by Gasteiger charge is -2.28. The molecule has 0 amide bonds. The fraction of sp³-hybridized carbons (Fsp3) is 0. The highest BCUT2D eigenvalue weighted by atomic mass is 16.5. The number of hydrogen-bond acceptors (Lipinski definition) is 2. The van der Waals surface area contributed by atoms with E-state index < -0.39 is 0 Å². The molecule has 264 valence electrons. The van der Waals surface area contributed by atoms with E-state index in [1.807, 2.05) is 0 Å². The van der Waals surface area contributed by atoms with Crippen LogP contribution in [-0.4, -0.2) is 0 Å². The van der Waals surface area contributed by atoms with Crippen LogP contribution in [0.15, 0.2) is 224 Å². The molecule has 0 N–H and O–H groups in total. The summed E-state index contributed by atoms with van der Waals surface area (Å²) in [6, 6.07) is 79.9. The van der Waals surface area contributed by atoms with Gasteiger partial charge in [0.2, 0.25) is 0 Å². The van der Waals surface area contributed by atoms with Crippen LogP contribution in [0.5, 0.6) is 11.5 Å². The van der Waals surface area contributed by atoms with Crippen molar-refractivity contribution < 1.29 is 4.74 Å². The first-order valence-electron chi connectivity index (χ1n) is 19.1. The average molecular weight is 716 g/mol. The van der Waals surface area contributed by atoms with Crippen LogP contribution in [0, 0.1) is 0 Å². The fourth-order valence-corrected chi connectivity index (χ4v) is 7.88.